The third-order valence-electron chi connectivity index (χ3n) is 2.42. The van der Waals surface area contributed by atoms with Gasteiger partial charge in [0.15, 0.2) is 0 Å². The lowest BCUT2D eigenvalue weighted by atomic mass is 9.95. The Labute approximate surface area is 101 Å². The molecule has 0 saturated heterocycles. The minimum atomic E-state index is -1.07. The average molecular weight is 232 g/mol. The Bertz CT molecular complexity index is 406. The van der Waals surface area contributed by atoms with E-state index < -0.39 is 18.0 Å². The van der Waals surface area contributed by atoms with Crippen LogP contribution in [-0.2, 0) is 4.79 Å². The number of benzene rings is 1. The highest BCUT2D eigenvalue weighted by atomic mass is 16.4. The number of hydrogen-bond acceptors (Lipinski definition) is 2. The van der Waals surface area contributed by atoms with Crippen molar-refractivity contribution in [2.45, 2.75) is 13.0 Å². The van der Waals surface area contributed by atoms with Gasteiger partial charge in [-0.2, -0.15) is 0 Å². The first-order valence-electron chi connectivity index (χ1n) is 5.32. The van der Waals surface area contributed by atoms with Gasteiger partial charge >= 0.3 is 5.97 Å². The summed E-state index contributed by atoms with van der Waals surface area (Å²) in [6, 6.07) is 9.39. The summed E-state index contributed by atoms with van der Waals surface area (Å²) in [6.07, 6.45) is 2.11. The van der Waals surface area contributed by atoms with Crippen molar-refractivity contribution < 1.29 is 15.0 Å². The highest BCUT2D eigenvalue weighted by molar-refractivity contribution is 5.74. The van der Waals surface area contributed by atoms with Crippen molar-refractivity contribution in [3.8, 4) is 0 Å². The van der Waals surface area contributed by atoms with Gasteiger partial charge in [-0.05, 0) is 12.5 Å². The Morgan fingerprint density at radius 3 is 2.41 bits per heavy atom. The van der Waals surface area contributed by atoms with Crippen LogP contribution in [0.2, 0.25) is 0 Å². The van der Waals surface area contributed by atoms with Crippen molar-refractivity contribution in [3.05, 3.63) is 54.1 Å². The molecule has 0 spiro atoms. The van der Waals surface area contributed by atoms with Gasteiger partial charge in [0.05, 0.1) is 6.10 Å². The lowest BCUT2D eigenvalue weighted by molar-refractivity contribution is -0.142. The molecule has 90 valence electrons. The average Bonchev–Trinajstić information content (AvgIpc) is 2.27. The number of carboxylic acid groups (broad SMARTS) is 1. The van der Waals surface area contributed by atoms with E-state index in [9.17, 15) is 9.90 Å². The van der Waals surface area contributed by atoms with Crippen LogP contribution < -0.4 is 0 Å². The van der Waals surface area contributed by atoms with Gasteiger partial charge in [-0.3, -0.25) is 4.79 Å². The molecule has 0 bridgehead atoms. The molecular formula is C14H16O3. The van der Waals surface area contributed by atoms with Gasteiger partial charge in [0.25, 0.3) is 0 Å². The molecule has 0 aromatic heterocycles. The SMILES string of the molecule is C=C(C)C(C(=O)O)C(O)/C=C/c1ccccc1. The number of aliphatic hydroxyl groups is 1. The van der Waals surface area contributed by atoms with Gasteiger partial charge in [0, 0.05) is 0 Å². The van der Waals surface area contributed by atoms with E-state index in [1.807, 2.05) is 30.3 Å². The van der Waals surface area contributed by atoms with Crippen LogP contribution in [-0.4, -0.2) is 22.3 Å². The van der Waals surface area contributed by atoms with Crippen LogP contribution in [0.3, 0.4) is 0 Å². The van der Waals surface area contributed by atoms with E-state index in [1.54, 1.807) is 13.0 Å². The standard InChI is InChI=1S/C14H16O3/c1-10(2)13(14(16)17)12(15)9-8-11-6-4-3-5-7-11/h3-9,12-13,15H,1H2,2H3,(H,16,17)/b9-8+. The molecule has 3 nitrogen and oxygen atoms in total. The van der Waals surface area contributed by atoms with E-state index in [2.05, 4.69) is 6.58 Å². The Hall–Kier alpha value is -1.87. The zero-order chi connectivity index (χ0) is 12.8. The van der Waals surface area contributed by atoms with Crippen LogP contribution in [0.25, 0.3) is 6.08 Å². The zero-order valence-corrected chi connectivity index (χ0v) is 9.71. The van der Waals surface area contributed by atoms with Crippen molar-refractivity contribution in [2.75, 3.05) is 0 Å². The summed E-state index contributed by atoms with van der Waals surface area (Å²) in [7, 11) is 0. The molecule has 0 aliphatic carbocycles. The highest BCUT2D eigenvalue weighted by Gasteiger charge is 2.24. The Morgan fingerprint density at radius 1 is 1.35 bits per heavy atom. The molecule has 17 heavy (non-hydrogen) atoms. The number of hydrogen-bond donors (Lipinski definition) is 2. The summed E-state index contributed by atoms with van der Waals surface area (Å²) in [5.74, 6) is -2.03. The third-order valence-corrected chi connectivity index (χ3v) is 2.42. The molecule has 2 unspecified atom stereocenters. The van der Waals surface area contributed by atoms with Crippen LogP contribution in [0.5, 0.6) is 0 Å². The Morgan fingerprint density at radius 2 is 1.94 bits per heavy atom. The van der Waals surface area contributed by atoms with E-state index in [-0.39, 0.29) is 0 Å². The summed E-state index contributed by atoms with van der Waals surface area (Å²) in [5, 5.41) is 18.7. The quantitative estimate of drug-likeness (QED) is 0.766. The predicted octanol–water partition coefficient (Wildman–Crippen LogP) is 2.34. The number of carboxylic acids is 1. The molecule has 2 N–H and O–H groups in total. The van der Waals surface area contributed by atoms with Crippen LogP contribution in [0, 0.1) is 5.92 Å². The second-order valence-electron chi connectivity index (χ2n) is 3.92. The predicted molar refractivity (Wildman–Crippen MR) is 67.4 cm³/mol. The van der Waals surface area contributed by atoms with Gasteiger partial charge in [-0.1, -0.05) is 54.6 Å². The van der Waals surface area contributed by atoms with Crippen LogP contribution in [0.1, 0.15) is 12.5 Å². The van der Waals surface area contributed by atoms with E-state index in [0.29, 0.717) is 5.57 Å². The van der Waals surface area contributed by atoms with Crippen LogP contribution in [0.4, 0.5) is 0 Å². The first kappa shape index (κ1) is 13.2. The smallest absolute Gasteiger partial charge is 0.313 e. The maximum atomic E-state index is 10.9. The normalized spacial score (nSPS) is 14.5. The molecule has 0 aliphatic rings. The summed E-state index contributed by atoms with van der Waals surface area (Å²) in [6.45, 7) is 5.17. The monoisotopic (exact) mass is 232 g/mol. The number of aliphatic carboxylic acids is 1. The summed E-state index contributed by atoms with van der Waals surface area (Å²) in [5.41, 5.74) is 1.35. The summed E-state index contributed by atoms with van der Waals surface area (Å²) >= 11 is 0. The fraction of sp³-hybridized carbons (Fsp3) is 0.214. The molecule has 3 heteroatoms. The second kappa shape index (κ2) is 6.01. The zero-order valence-electron chi connectivity index (χ0n) is 9.71. The largest absolute Gasteiger partial charge is 0.481 e. The number of aliphatic hydroxyl groups excluding tert-OH is 1. The molecule has 1 aromatic rings. The van der Waals surface area contributed by atoms with Crippen molar-refractivity contribution in [3.63, 3.8) is 0 Å². The molecule has 1 aromatic carbocycles. The Balaban J connectivity index is 2.77. The van der Waals surface area contributed by atoms with Crippen molar-refractivity contribution >= 4 is 12.0 Å². The van der Waals surface area contributed by atoms with Crippen molar-refractivity contribution in [1.82, 2.24) is 0 Å². The maximum absolute atomic E-state index is 10.9. The lowest BCUT2D eigenvalue weighted by Crippen LogP contribution is -2.27. The van der Waals surface area contributed by atoms with Crippen molar-refractivity contribution in [1.29, 1.82) is 0 Å². The molecule has 1 rings (SSSR count). The van der Waals surface area contributed by atoms with Gasteiger partial charge < -0.3 is 10.2 Å². The van der Waals surface area contributed by atoms with E-state index in [1.165, 1.54) is 6.08 Å². The molecule has 0 amide bonds. The van der Waals surface area contributed by atoms with Gasteiger partial charge in [-0.25, -0.2) is 0 Å². The third kappa shape index (κ3) is 3.89. The fourth-order valence-electron chi connectivity index (χ4n) is 1.53. The lowest BCUT2D eigenvalue weighted by Gasteiger charge is -2.15. The molecule has 0 radical (unpaired) electrons. The summed E-state index contributed by atoms with van der Waals surface area (Å²) in [4.78, 5) is 10.9. The molecule has 0 fully saturated rings. The van der Waals surface area contributed by atoms with E-state index in [0.717, 1.165) is 5.56 Å². The van der Waals surface area contributed by atoms with Gasteiger partial charge in [0.1, 0.15) is 5.92 Å². The fourth-order valence-corrected chi connectivity index (χ4v) is 1.53. The molecule has 0 saturated carbocycles. The second-order valence-corrected chi connectivity index (χ2v) is 3.92. The molecule has 0 aliphatic heterocycles. The van der Waals surface area contributed by atoms with Crippen LogP contribution >= 0.6 is 0 Å². The first-order chi connectivity index (χ1) is 8.02. The highest BCUT2D eigenvalue weighted by Crippen LogP contribution is 2.16. The van der Waals surface area contributed by atoms with E-state index >= 15 is 0 Å². The number of carbonyl (C=O) groups is 1. The van der Waals surface area contributed by atoms with Crippen LogP contribution in [0.15, 0.2) is 48.6 Å². The summed E-state index contributed by atoms with van der Waals surface area (Å²) < 4.78 is 0. The van der Waals surface area contributed by atoms with Gasteiger partial charge in [-0.15, -0.1) is 0 Å². The Kier molecular flexibility index (Phi) is 4.67. The topological polar surface area (TPSA) is 57.5 Å². The molecular weight excluding hydrogens is 216 g/mol. The van der Waals surface area contributed by atoms with E-state index in [4.69, 9.17) is 5.11 Å². The number of rotatable bonds is 5. The molecule has 0 heterocycles. The minimum absolute atomic E-state index is 0.433. The maximum Gasteiger partial charge on any atom is 0.313 e. The first-order valence-corrected chi connectivity index (χ1v) is 5.32. The van der Waals surface area contributed by atoms with Crippen molar-refractivity contribution in [2.24, 2.45) is 5.92 Å². The molecule has 2 atom stereocenters. The minimum Gasteiger partial charge on any atom is -0.481 e. The van der Waals surface area contributed by atoms with Gasteiger partial charge in [0.2, 0.25) is 0 Å².